The predicted octanol–water partition coefficient (Wildman–Crippen LogP) is 1.70. The van der Waals surface area contributed by atoms with Crippen LogP contribution < -0.4 is 0 Å². The van der Waals surface area contributed by atoms with Crippen molar-refractivity contribution in [1.82, 2.24) is 4.90 Å². The van der Waals surface area contributed by atoms with E-state index in [4.69, 9.17) is 4.74 Å². The number of aliphatic hydroxyl groups is 1. The molecule has 2 heterocycles. The number of phenols is 1. The molecule has 2 saturated heterocycles. The lowest BCUT2D eigenvalue weighted by Gasteiger charge is -2.55. The van der Waals surface area contributed by atoms with Gasteiger partial charge in [0.15, 0.2) is 16.2 Å². The van der Waals surface area contributed by atoms with Crippen LogP contribution in [0.15, 0.2) is 36.9 Å². The number of esters is 1. The lowest BCUT2D eigenvalue weighted by Crippen LogP contribution is -2.77. The summed E-state index contributed by atoms with van der Waals surface area (Å²) < 4.78 is 2.75. The van der Waals surface area contributed by atoms with Crippen LogP contribution in [-0.4, -0.2) is 60.4 Å². The third-order valence-corrected chi connectivity index (χ3v) is 8.38. The molecule has 0 aromatic heterocycles. The summed E-state index contributed by atoms with van der Waals surface area (Å²) in [5, 5.41) is 20.3. The van der Waals surface area contributed by atoms with E-state index in [0.717, 1.165) is 0 Å². The van der Waals surface area contributed by atoms with Gasteiger partial charge in [-0.05, 0) is 31.5 Å². The highest BCUT2D eigenvalue weighted by Crippen LogP contribution is 2.62. The fraction of sp³-hybridized carbons (Fsp3) is 0.421. The van der Waals surface area contributed by atoms with Crippen LogP contribution >= 0.6 is 27.7 Å². The van der Waals surface area contributed by atoms with E-state index in [1.54, 1.807) is 13.8 Å². The largest absolute Gasteiger partial charge is 0.508 e. The van der Waals surface area contributed by atoms with Crippen LogP contribution in [-0.2, 0) is 24.7 Å². The van der Waals surface area contributed by atoms with Gasteiger partial charge >= 0.3 is 5.97 Å². The molecule has 0 spiro atoms. The smallest absolute Gasteiger partial charge is 0.330 e. The number of carbonyl (C=O) groups excluding carboxylic acids is 3. The van der Waals surface area contributed by atoms with Gasteiger partial charge in [0.1, 0.15) is 23.8 Å². The first-order chi connectivity index (χ1) is 13.0. The molecule has 1 aromatic rings. The third kappa shape index (κ3) is 2.71. The van der Waals surface area contributed by atoms with Crippen molar-refractivity contribution < 1.29 is 29.3 Å². The first-order valence-corrected chi connectivity index (χ1v) is 10.2. The number of amides is 1. The molecule has 150 valence electrons. The summed E-state index contributed by atoms with van der Waals surface area (Å²) in [5.41, 5.74) is -2.17. The normalized spacial score (nSPS) is 30.0. The second-order valence-corrected chi connectivity index (χ2v) is 10.2. The quantitative estimate of drug-likeness (QED) is 0.215. The third-order valence-electron chi connectivity index (χ3n) is 5.07. The molecular formula is C19H20BrNO6S. The van der Waals surface area contributed by atoms with Gasteiger partial charge in [0.25, 0.3) is 0 Å². The molecule has 2 aliphatic rings. The number of phenolic OH excluding ortho intramolecular Hbond substituents is 1. The molecule has 9 heteroatoms. The van der Waals surface area contributed by atoms with Gasteiger partial charge in [-0.3, -0.25) is 9.59 Å². The number of benzene rings is 1. The number of hydrogen-bond donors (Lipinski definition) is 2. The van der Waals surface area contributed by atoms with Gasteiger partial charge in [-0.15, -0.1) is 11.8 Å². The van der Waals surface area contributed by atoms with Crippen molar-refractivity contribution in [3.8, 4) is 5.75 Å². The number of fused-ring (bicyclic) bond motifs is 1. The monoisotopic (exact) mass is 469 g/mol. The molecule has 0 radical (unpaired) electrons. The molecule has 0 saturated carbocycles. The minimum absolute atomic E-state index is 0.0177. The lowest BCUT2D eigenvalue weighted by molar-refractivity contribution is -0.174. The number of alkyl halides is 1. The zero-order valence-electron chi connectivity index (χ0n) is 15.3. The van der Waals surface area contributed by atoms with Crippen LogP contribution in [0.3, 0.4) is 0 Å². The van der Waals surface area contributed by atoms with E-state index < -0.39 is 38.0 Å². The summed E-state index contributed by atoms with van der Waals surface area (Å²) in [5.74, 6) is -1.33. The number of thioether (sulfide) groups is 1. The minimum atomic E-state index is -2.24. The van der Waals surface area contributed by atoms with Crippen molar-refractivity contribution in [2.24, 2.45) is 0 Å². The van der Waals surface area contributed by atoms with Crippen LogP contribution in [0.2, 0.25) is 0 Å². The van der Waals surface area contributed by atoms with Crippen LogP contribution in [0.25, 0.3) is 0 Å². The zero-order chi connectivity index (χ0) is 20.9. The van der Waals surface area contributed by atoms with Crippen LogP contribution in [0, 0.1) is 0 Å². The summed E-state index contributed by atoms with van der Waals surface area (Å²) in [6, 6.07) is 4.67. The number of rotatable bonds is 6. The topological polar surface area (TPSA) is 104 Å². The fourth-order valence-electron chi connectivity index (χ4n) is 3.68. The zero-order valence-corrected chi connectivity index (χ0v) is 17.7. The number of halogens is 1. The van der Waals surface area contributed by atoms with Crippen LogP contribution in [0.1, 0.15) is 19.4 Å². The van der Waals surface area contributed by atoms with E-state index in [-0.39, 0.29) is 24.2 Å². The van der Waals surface area contributed by atoms with Gasteiger partial charge in [0.05, 0.1) is 0 Å². The molecule has 4 atom stereocenters. The maximum absolute atomic E-state index is 13.2. The van der Waals surface area contributed by atoms with Crippen molar-refractivity contribution in [1.29, 1.82) is 0 Å². The summed E-state index contributed by atoms with van der Waals surface area (Å²) in [6.45, 7) is 7.11. The number of nitrogens with zero attached hydrogens (tertiary/aromatic N) is 1. The second-order valence-electron chi connectivity index (χ2n) is 7.25. The number of aldehydes is 1. The molecule has 2 unspecified atom stereocenters. The van der Waals surface area contributed by atoms with Crippen molar-refractivity contribution in [2.45, 2.75) is 39.9 Å². The minimum Gasteiger partial charge on any atom is -0.508 e. The van der Waals surface area contributed by atoms with E-state index in [1.165, 1.54) is 47.0 Å². The number of ether oxygens (including phenoxy) is 1. The lowest BCUT2D eigenvalue weighted by atomic mass is 9.75. The highest BCUT2D eigenvalue weighted by atomic mass is 79.9. The average Bonchev–Trinajstić information content (AvgIpc) is 2.93. The van der Waals surface area contributed by atoms with Gasteiger partial charge < -0.3 is 19.8 Å². The highest BCUT2D eigenvalue weighted by Gasteiger charge is 2.77. The number of hydrogen-bond acceptors (Lipinski definition) is 7. The molecule has 2 N–H and O–H groups in total. The average molecular weight is 470 g/mol. The number of aromatic hydroxyl groups is 1. The first-order valence-electron chi connectivity index (χ1n) is 8.50. The van der Waals surface area contributed by atoms with E-state index in [1.807, 2.05) is 0 Å². The maximum Gasteiger partial charge on any atom is 0.330 e. The highest BCUT2D eigenvalue weighted by molar-refractivity contribution is 9.10. The SMILES string of the molecule is C=CCOC(=O)[C@@H]1N2C(=O)C(Br)(C(O)(C=O)c3cccc(O)c3)[C@H]2SC1(C)C. The Kier molecular flexibility index (Phi) is 5.14. The Morgan fingerprint density at radius 3 is 2.75 bits per heavy atom. The van der Waals surface area contributed by atoms with E-state index in [2.05, 4.69) is 22.5 Å². The molecule has 2 fully saturated rings. The van der Waals surface area contributed by atoms with Gasteiger partial charge in [0.2, 0.25) is 5.91 Å². The van der Waals surface area contributed by atoms with Crippen LogP contribution in [0.4, 0.5) is 0 Å². The maximum atomic E-state index is 13.2. The van der Waals surface area contributed by atoms with Crippen LogP contribution in [0.5, 0.6) is 5.75 Å². The van der Waals surface area contributed by atoms with Crippen molar-refractivity contribution >= 4 is 45.9 Å². The fourth-order valence-corrected chi connectivity index (χ4v) is 6.39. The van der Waals surface area contributed by atoms with E-state index in [9.17, 15) is 24.6 Å². The van der Waals surface area contributed by atoms with Crippen molar-refractivity contribution in [3.63, 3.8) is 0 Å². The molecule has 1 amide bonds. The Hall–Kier alpha value is -1.84. The van der Waals surface area contributed by atoms with Gasteiger partial charge in [-0.1, -0.05) is 40.7 Å². The number of β-lactam (4-membered cyclic amide) rings is 1. The van der Waals surface area contributed by atoms with E-state index in [0.29, 0.717) is 0 Å². The van der Waals surface area contributed by atoms with E-state index >= 15 is 0 Å². The molecule has 7 nitrogen and oxygen atoms in total. The number of carbonyl (C=O) groups is 3. The molecule has 1 aromatic carbocycles. The molecule has 0 aliphatic carbocycles. The Balaban J connectivity index is 2.01. The molecule has 3 rings (SSSR count). The van der Waals surface area contributed by atoms with Gasteiger partial charge in [0, 0.05) is 4.75 Å². The predicted molar refractivity (Wildman–Crippen MR) is 107 cm³/mol. The second kappa shape index (κ2) is 6.89. The molecular weight excluding hydrogens is 450 g/mol. The summed E-state index contributed by atoms with van der Waals surface area (Å²) in [6.07, 6.45) is 1.72. The van der Waals surface area contributed by atoms with Crippen molar-refractivity contribution in [3.05, 3.63) is 42.5 Å². The first kappa shape index (κ1) is 20.9. The van der Waals surface area contributed by atoms with Gasteiger partial charge in [-0.2, -0.15) is 0 Å². The summed E-state index contributed by atoms with van der Waals surface area (Å²) in [4.78, 5) is 39.0. The molecule has 2 aliphatic heterocycles. The Labute approximate surface area is 174 Å². The standard InChI is InChI=1S/C19H20BrNO6S/c1-4-8-27-14(24)13-17(2,3)28-16-19(20,15(25)21(13)16)18(26,10-22)11-6-5-7-12(23)9-11/h4-7,9-10,13,16,23,26H,1,8H2,2-3H3/t13-,16+,18?,19?/m0/s1. The Morgan fingerprint density at radius 1 is 1.50 bits per heavy atom. The Morgan fingerprint density at radius 2 is 2.18 bits per heavy atom. The Bertz CT molecular complexity index is 861. The van der Waals surface area contributed by atoms with Gasteiger partial charge in [-0.25, -0.2) is 4.79 Å². The molecule has 28 heavy (non-hydrogen) atoms. The van der Waals surface area contributed by atoms with Crippen molar-refractivity contribution in [2.75, 3.05) is 6.61 Å². The molecule has 0 bridgehead atoms. The summed E-state index contributed by atoms with van der Waals surface area (Å²) in [7, 11) is 0. The summed E-state index contributed by atoms with van der Waals surface area (Å²) >= 11 is 4.61.